The smallest absolute Gasteiger partial charge is 0.405 e. The van der Waals surface area contributed by atoms with Crippen molar-refractivity contribution < 1.29 is 23.8 Å². The second kappa shape index (κ2) is 6.80. The van der Waals surface area contributed by atoms with Crippen LogP contribution >= 0.6 is 15.9 Å². The number of halogens is 3. The van der Waals surface area contributed by atoms with Crippen LogP contribution < -0.4 is 5.32 Å². The number of benzene rings is 1. The third kappa shape index (κ3) is 3.77. The van der Waals surface area contributed by atoms with E-state index < -0.39 is 30.0 Å². The summed E-state index contributed by atoms with van der Waals surface area (Å²) < 4.78 is 27.2. The van der Waals surface area contributed by atoms with Crippen LogP contribution in [-0.4, -0.2) is 21.3 Å². The summed E-state index contributed by atoms with van der Waals surface area (Å²) in [6.45, 7) is 0. The van der Waals surface area contributed by atoms with Gasteiger partial charge < -0.3 is 15.5 Å². The number of carboxylic acid groups (broad SMARTS) is 1. The van der Waals surface area contributed by atoms with Gasteiger partial charge in [-0.2, -0.15) is 4.39 Å². The third-order valence-electron chi connectivity index (χ3n) is 2.97. The molecule has 1 heterocycles. The van der Waals surface area contributed by atoms with Gasteiger partial charge in [0.1, 0.15) is 11.9 Å². The van der Waals surface area contributed by atoms with Crippen LogP contribution in [0, 0.1) is 11.8 Å². The highest BCUT2D eigenvalue weighted by atomic mass is 79.9. The quantitative estimate of drug-likeness (QED) is 0.719. The molecule has 2 rings (SSSR count). The van der Waals surface area contributed by atoms with Crippen molar-refractivity contribution in [1.82, 2.24) is 10.3 Å². The number of carbonyl (C=O) groups is 1. The van der Waals surface area contributed by atoms with E-state index in [1.807, 2.05) is 5.32 Å². The van der Waals surface area contributed by atoms with E-state index in [2.05, 4.69) is 20.9 Å². The molecule has 1 amide bonds. The Hall–Kier alpha value is -2.06. The van der Waals surface area contributed by atoms with Crippen molar-refractivity contribution in [3.63, 3.8) is 0 Å². The molecule has 0 aliphatic rings. The molecular formula is C14H11BrF2N2O3. The highest BCUT2D eigenvalue weighted by Crippen LogP contribution is 2.31. The molecule has 0 bridgehead atoms. The van der Waals surface area contributed by atoms with Crippen LogP contribution in [0.4, 0.5) is 13.6 Å². The van der Waals surface area contributed by atoms with Gasteiger partial charge in [0, 0.05) is 16.2 Å². The van der Waals surface area contributed by atoms with E-state index in [0.717, 1.165) is 12.1 Å². The normalized spacial score (nSPS) is 13.5. The minimum Gasteiger partial charge on any atom is -0.465 e. The van der Waals surface area contributed by atoms with Gasteiger partial charge in [-0.1, -0.05) is 12.1 Å². The second-order valence-corrected chi connectivity index (χ2v) is 5.37. The Bertz CT molecular complexity index is 682. The van der Waals surface area contributed by atoms with Gasteiger partial charge in [-0.05, 0) is 39.7 Å². The predicted octanol–water partition coefficient (Wildman–Crippen LogP) is 3.16. The lowest BCUT2D eigenvalue weighted by Gasteiger charge is -2.24. The lowest BCUT2D eigenvalue weighted by atomic mass is 9.96. The summed E-state index contributed by atoms with van der Waals surface area (Å²) in [6.07, 6.45) is -1.64. The number of amides is 1. The van der Waals surface area contributed by atoms with Gasteiger partial charge in [-0.3, -0.25) is 0 Å². The van der Waals surface area contributed by atoms with E-state index in [0.29, 0.717) is 4.47 Å². The van der Waals surface area contributed by atoms with Crippen molar-refractivity contribution >= 4 is 22.0 Å². The van der Waals surface area contributed by atoms with Crippen molar-refractivity contribution in [2.45, 2.75) is 12.1 Å². The SMILES string of the molecule is O=C(O)N[C@H](c1cc(Br)cnc1F)[C@H](O)c1ccc(F)cc1. The van der Waals surface area contributed by atoms with Crippen molar-refractivity contribution in [2.75, 3.05) is 0 Å². The largest absolute Gasteiger partial charge is 0.465 e. The first-order valence-corrected chi connectivity index (χ1v) is 6.91. The van der Waals surface area contributed by atoms with Crippen LogP contribution in [0.3, 0.4) is 0 Å². The first-order chi connectivity index (χ1) is 10.4. The second-order valence-electron chi connectivity index (χ2n) is 4.46. The predicted molar refractivity (Wildman–Crippen MR) is 77.2 cm³/mol. The van der Waals surface area contributed by atoms with Crippen LogP contribution in [0.1, 0.15) is 23.3 Å². The zero-order chi connectivity index (χ0) is 16.3. The van der Waals surface area contributed by atoms with E-state index in [9.17, 15) is 18.7 Å². The summed E-state index contributed by atoms with van der Waals surface area (Å²) in [4.78, 5) is 14.4. The fraction of sp³-hybridized carbons (Fsp3) is 0.143. The minimum atomic E-state index is -1.44. The zero-order valence-electron chi connectivity index (χ0n) is 11.0. The number of aromatic nitrogens is 1. The van der Waals surface area contributed by atoms with Gasteiger partial charge in [0.15, 0.2) is 0 Å². The van der Waals surface area contributed by atoms with Crippen LogP contribution in [0.25, 0.3) is 0 Å². The molecule has 0 saturated heterocycles. The minimum absolute atomic E-state index is 0.131. The Balaban J connectivity index is 2.43. The van der Waals surface area contributed by atoms with Crippen LogP contribution in [0.2, 0.25) is 0 Å². The van der Waals surface area contributed by atoms with Gasteiger partial charge in [0.05, 0.1) is 6.04 Å². The Morgan fingerprint density at radius 2 is 1.91 bits per heavy atom. The van der Waals surface area contributed by atoms with Crippen LogP contribution in [-0.2, 0) is 0 Å². The van der Waals surface area contributed by atoms with Crippen molar-refractivity contribution in [1.29, 1.82) is 0 Å². The van der Waals surface area contributed by atoms with E-state index >= 15 is 0 Å². The third-order valence-corrected chi connectivity index (χ3v) is 3.41. The fourth-order valence-electron chi connectivity index (χ4n) is 1.97. The molecule has 0 aliphatic carbocycles. The van der Waals surface area contributed by atoms with Crippen molar-refractivity contribution in [3.8, 4) is 0 Å². The summed E-state index contributed by atoms with van der Waals surface area (Å²) in [5.74, 6) is -1.42. The Morgan fingerprint density at radius 3 is 2.50 bits per heavy atom. The van der Waals surface area contributed by atoms with Crippen molar-refractivity contribution in [2.24, 2.45) is 0 Å². The topological polar surface area (TPSA) is 82.5 Å². The number of hydrogen-bond donors (Lipinski definition) is 3. The molecule has 2 atom stereocenters. The van der Waals surface area contributed by atoms with Gasteiger partial charge in [0.2, 0.25) is 5.95 Å². The van der Waals surface area contributed by atoms with Gasteiger partial charge >= 0.3 is 6.09 Å². The Labute approximate surface area is 132 Å². The molecule has 1 aromatic carbocycles. The maximum atomic E-state index is 13.9. The number of pyridine rings is 1. The molecule has 116 valence electrons. The van der Waals surface area contributed by atoms with E-state index in [-0.39, 0.29) is 11.1 Å². The number of rotatable bonds is 4. The molecule has 0 unspecified atom stereocenters. The standard InChI is InChI=1S/C14H11BrF2N2O3/c15-8-5-10(13(17)18-6-8)11(19-14(21)22)12(20)7-1-3-9(16)4-2-7/h1-6,11-12,19-20H,(H,21,22)/t11-,12-/m1/s1. The zero-order valence-corrected chi connectivity index (χ0v) is 12.6. The molecule has 0 saturated carbocycles. The molecule has 0 radical (unpaired) electrons. The summed E-state index contributed by atoms with van der Waals surface area (Å²) in [5.41, 5.74) is 0.105. The lowest BCUT2D eigenvalue weighted by Crippen LogP contribution is -2.32. The first kappa shape index (κ1) is 16.3. The lowest BCUT2D eigenvalue weighted by molar-refractivity contribution is 0.118. The monoisotopic (exact) mass is 372 g/mol. The highest BCUT2D eigenvalue weighted by Gasteiger charge is 2.28. The summed E-state index contributed by atoms with van der Waals surface area (Å²) in [7, 11) is 0. The maximum Gasteiger partial charge on any atom is 0.405 e. The first-order valence-electron chi connectivity index (χ1n) is 6.12. The van der Waals surface area contributed by atoms with Gasteiger partial charge in [-0.15, -0.1) is 0 Å². The number of nitrogens with zero attached hydrogens (tertiary/aromatic N) is 1. The maximum absolute atomic E-state index is 13.9. The summed E-state index contributed by atoms with van der Waals surface area (Å²) in [5, 5.41) is 21.3. The summed E-state index contributed by atoms with van der Waals surface area (Å²) >= 11 is 3.11. The molecule has 22 heavy (non-hydrogen) atoms. The van der Waals surface area contributed by atoms with Crippen LogP contribution in [0.15, 0.2) is 41.0 Å². The number of hydrogen-bond acceptors (Lipinski definition) is 3. The molecule has 0 spiro atoms. The Kier molecular flexibility index (Phi) is 5.04. The average Bonchev–Trinajstić information content (AvgIpc) is 2.47. The van der Waals surface area contributed by atoms with E-state index in [4.69, 9.17) is 5.11 Å². The average molecular weight is 373 g/mol. The van der Waals surface area contributed by atoms with Crippen LogP contribution in [0.5, 0.6) is 0 Å². The molecule has 1 aromatic heterocycles. The number of nitrogens with one attached hydrogen (secondary N) is 1. The molecule has 8 heteroatoms. The molecule has 2 aromatic rings. The molecule has 0 aliphatic heterocycles. The molecule has 5 nitrogen and oxygen atoms in total. The van der Waals surface area contributed by atoms with Crippen molar-refractivity contribution in [3.05, 3.63) is 63.9 Å². The van der Waals surface area contributed by atoms with Gasteiger partial charge in [0.25, 0.3) is 0 Å². The highest BCUT2D eigenvalue weighted by molar-refractivity contribution is 9.10. The van der Waals surface area contributed by atoms with E-state index in [1.165, 1.54) is 24.4 Å². The molecular weight excluding hydrogens is 362 g/mol. The molecule has 3 N–H and O–H groups in total. The fourth-order valence-corrected chi connectivity index (χ4v) is 2.32. The van der Waals surface area contributed by atoms with E-state index in [1.54, 1.807) is 0 Å². The number of aliphatic hydroxyl groups is 1. The Morgan fingerprint density at radius 1 is 1.27 bits per heavy atom. The molecule has 0 fully saturated rings. The summed E-state index contributed by atoms with van der Waals surface area (Å²) in [6, 6.07) is 4.83. The van der Waals surface area contributed by atoms with Gasteiger partial charge in [-0.25, -0.2) is 14.2 Å². The number of aliphatic hydroxyl groups excluding tert-OH is 1.